The maximum absolute atomic E-state index is 9.87. The second kappa shape index (κ2) is 4.49. The predicted octanol–water partition coefficient (Wildman–Crippen LogP) is 2.68. The van der Waals surface area contributed by atoms with Gasteiger partial charge in [0.05, 0.1) is 11.6 Å². The minimum atomic E-state index is -0.245. The van der Waals surface area contributed by atoms with Crippen LogP contribution in [0.15, 0.2) is 36.5 Å². The second-order valence-corrected chi connectivity index (χ2v) is 5.47. The number of aromatic nitrogens is 2. The lowest BCUT2D eigenvalue weighted by molar-refractivity contribution is 0.154. The van der Waals surface area contributed by atoms with E-state index in [4.69, 9.17) is 0 Å². The van der Waals surface area contributed by atoms with Gasteiger partial charge in [-0.3, -0.25) is 0 Å². The molecule has 20 heavy (non-hydrogen) atoms. The average molecular weight is 267 g/mol. The lowest BCUT2D eigenvalue weighted by Crippen LogP contribution is -2.38. The van der Waals surface area contributed by atoms with E-state index in [1.165, 1.54) is 10.8 Å². The van der Waals surface area contributed by atoms with E-state index in [0.29, 0.717) is 6.54 Å². The summed E-state index contributed by atoms with van der Waals surface area (Å²) >= 11 is 0. The van der Waals surface area contributed by atoms with E-state index in [1.54, 1.807) is 0 Å². The summed E-state index contributed by atoms with van der Waals surface area (Å²) in [6.45, 7) is 1.63. The molecular weight excluding hydrogens is 250 g/mol. The molecule has 0 radical (unpaired) electrons. The van der Waals surface area contributed by atoms with E-state index in [1.807, 2.05) is 12.3 Å². The summed E-state index contributed by atoms with van der Waals surface area (Å²) in [5, 5.41) is 12.3. The van der Waals surface area contributed by atoms with Crippen molar-refractivity contribution in [3.8, 4) is 0 Å². The fourth-order valence-electron chi connectivity index (χ4n) is 3.15. The van der Waals surface area contributed by atoms with Crippen molar-refractivity contribution in [3.63, 3.8) is 0 Å². The highest BCUT2D eigenvalue weighted by molar-refractivity contribution is 6.10. The van der Waals surface area contributed by atoms with Gasteiger partial charge in [0.1, 0.15) is 0 Å². The number of hydrogen-bond acceptors (Lipinski definition) is 3. The van der Waals surface area contributed by atoms with E-state index in [0.717, 1.165) is 36.2 Å². The zero-order valence-corrected chi connectivity index (χ0v) is 11.2. The highest BCUT2D eigenvalue weighted by Gasteiger charge is 2.21. The summed E-state index contributed by atoms with van der Waals surface area (Å²) in [4.78, 5) is 10.2. The highest BCUT2D eigenvalue weighted by atomic mass is 16.3. The van der Waals surface area contributed by atoms with Crippen molar-refractivity contribution >= 4 is 27.6 Å². The first-order chi connectivity index (χ1) is 9.83. The van der Waals surface area contributed by atoms with Gasteiger partial charge < -0.3 is 15.0 Å². The third-order valence-electron chi connectivity index (χ3n) is 4.10. The Morgan fingerprint density at radius 2 is 2.10 bits per heavy atom. The van der Waals surface area contributed by atoms with Crippen LogP contribution in [0.4, 0.5) is 5.82 Å². The molecule has 1 aliphatic heterocycles. The number of aromatic amines is 1. The fraction of sp³-hybridized carbons (Fsp3) is 0.312. The Morgan fingerprint density at radius 3 is 3.00 bits per heavy atom. The minimum Gasteiger partial charge on any atom is -0.391 e. The van der Waals surface area contributed by atoms with Gasteiger partial charge in [-0.15, -0.1) is 0 Å². The van der Waals surface area contributed by atoms with Crippen LogP contribution in [0, 0.1) is 0 Å². The molecule has 0 bridgehead atoms. The van der Waals surface area contributed by atoms with Crippen molar-refractivity contribution in [1.82, 2.24) is 9.97 Å². The van der Waals surface area contributed by atoms with Gasteiger partial charge in [0, 0.05) is 35.6 Å². The number of aliphatic hydroxyl groups is 1. The minimum absolute atomic E-state index is 0.245. The average Bonchev–Trinajstić information content (AvgIpc) is 2.86. The third-order valence-corrected chi connectivity index (χ3v) is 4.10. The van der Waals surface area contributed by atoms with Crippen LogP contribution in [-0.4, -0.2) is 34.3 Å². The summed E-state index contributed by atoms with van der Waals surface area (Å²) in [6, 6.07) is 10.4. The van der Waals surface area contributed by atoms with Gasteiger partial charge in [0.2, 0.25) is 0 Å². The third kappa shape index (κ3) is 1.76. The van der Waals surface area contributed by atoms with Crippen LogP contribution in [0.1, 0.15) is 12.8 Å². The number of piperidine rings is 1. The number of pyridine rings is 1. The Balaban J connectivity index is 1.91. The topological polar surface area (TPSA) is 52.1 Å². The molecular formula is C16H17N3O. The summed E-state index contributed by atoms with van der Waals surface area (Å²) in [5.74, 6) is 0.956. The zero-order chi connectivity index (χ0) is 13.5. The molecule has 3 heterocycles. The summed E-state index contributed by atoms with van der Waals surface area (Å²) in [5.41, 5.74) is 2.21. The van der Waals surface area contributed by atoms with E-state index < -0.39 is 0 Å². The number of H-pyrrole nitrogens is 1. The largest absolute Gasteiger partial charge is 0.391 e. The standard InChI is InChI=1S/C16H17N3O/c20-11-4-3-9-19(10-11)16-15-13(7-8-17-16)12-5-1-2-6-14(12)18-15/h1-2,5-8,11,18,20H,3-4,9-10H2. The molecule has 2 N–H and O–H groups in total. The molecule has 1 unspecified atom stereocenters. The first-order valence-electron chi connectivity index (χ1n) is 7.11. The van der Waals surface area contributed by atoms with E-state index in [9.17, 15) is 5.11 Å². The van der Waals surface area contributed by atoms with E-state index >= 15 is 0 Å². The number of benzene rings is 1. The molecule has 1 atom stereocenters. The van der Waals surface area contributed by atoms with Crippen molar-refractivity contribution in [2.75, 3.05) is 18.0 Å². The van der Waals surface area contributed by atoms with Crippen molar-refractivity contribution in [3.05, 3.63) is 36.5 Å². The number of para-hydroxylation sites is 1. The van der Waals surface area contributed by atoms with Crippen LogP contribution in [0.3, 0.4) is 0 Å². The Labute approximate surface area is 117 Å². The van der Waals surface area contributed by atoms with Crippen molar-refractivity contribution in [1.29, 1.82) is 0 Å². The molecule has 1 aromatic carbocycles. The maximum Gasteiger partial charge on any atom is 0.153 e. The van der Waals surface area contributed by atoms with Crippen LogP contribution < -0.4 is 4.90 Å². The van der Waals surface area contributed by atoms with Gasteiger partial charge in [0.25, 0.3) is 0 Å². The number of β-amino-alcohol motifs (C(OH)–C–C–N with tert-alkyl or cyclic N) is 1. The summed E-state index contributed by atoms with van der Waals surface area (Å²) in [6.07, 6.45) is 3.52. The molecule has 0 spiro atoms. The Morgan fingerprint density at radius 1 is 1.20 bits per heavy atom. The first kappa shape index (κ1) is 11.7. The molecule has 4 nitrogen and oxygen atoms in total. The lowest BCUT2D eigenvalue weighted by Gasteiger charge is -2.31. The van der Waals surface area contributed by atoms with Crippen molar-refractivity contribution in [2.24, 2.45) is 0 Å². The molecule has 4 heteroatoms. The number of aliphatic hydroxyl groups excluding tert-OH is 1. The lowest BCUT2D eigenvalue weighted by atomic mass is 10.1. The van der Waals surface area contributed by atoms with E-state index in [-0.39, 0.29) is 6.10 Å². The number of fused-ring (bicyclic) bond motifs is 3. The van der Waals surface area contributed by atoms with E-state index in [2.05, 4.69) is 39.1 Å². The van der Waals surface area contributed by atoms with Gasteiger partial charge in [-0.2, -0.15) is 0 Å². The number of nitrogens with one attached hydrogen (secondary N) is 1. The number of rotatable bonds is 1. The Bertz CT molecular complexity index is 765. The van der Waals surface area contributed by atoms with Crippen LogP contribution >= 0.6 is 0 Å². The second-order valence-electron chi connectivity index (χ2n) is 5.47. The maximum atomic E-state index is 9.87. The van der Waals surface area contributed by atoms with Crippen LogP contribution in [0.2, 0.25) is 0 Å². The summed E-state index contributed by atoms with van der Waals surface area (Å²) in [7, 11) is 0. The van der Waals surface area contributed by atoms with Gasteiger partial charge in [-0.25, -0.2) is 4.98 Å². The molecule has 102 valence electrons. The Hall–Kier alpha value is -2.07. The molecule has 1 aliphatic rings. The quantitative estimate of drug-likeness (QED) is 0.712. The molecule has 2 aromatic heterocycles. The SMILES string of the molecule is OC1CCCN(c2nccc3c2[nH]c2ccccc23)C1. The molecule has 4 rings (SSSR count). The smallest absolute Gasteiger partial charge is 0.153 e. The number of nitrogens with zero attached hydrogens (tertiary/aromatic N) is 2. The monoisotopic (exact) mass is 267 g/mol. The fourth-order valence-corrected chi connectivity index (χ4v) is 3.15. The predicted molar refractivity (Wildman–Crippen MR) is 81.1 cm³/mol. The molecule has 0 saturated carbocycles. The van der Waals surface area contributed by atoms with Gasteiger partial charge >= 0.3 is 0 Å². The number of anilines is 1. The van der Waals surface area contributed by atoms with Crippen LogP contribution in [0.5, 0.6) is 0 Å². The molecule has 3 aromatic rings. The van der Waals surface area contributed by atoms with Gasteiger partial charge in [-0.05, 0) is 25.0 Å². The van der Waals surface area contributed by atoms with Gasteiger partial charge in [-0.1, -0.05) is 18.2 Å². The molecule has 1 fully saturated rings. The molecule has 0 aliphatic carbocycles. The highest BCUT2D eigenvalue weighted by Crippen LogP contribution is 2.31. The molecule has 1 saturated heterocycles. The van der Waals surface area contributed by atoms with Crippen LogP contribution in [-0.2, 0) is 0 Å². The normalized spacial score (nSPS) is 19.9. The molecule has 0 amide bonds. The van der Waals surface area contributed by atoms with Crippen molar-refractivity contribution in [2.45, 2.75) is 18.9 Å². The summed E-state index contributed by atoms with van der Waals surface area (Å²) < 4.78 is 0. The van der Waals surface area contributed by atoms with Crippen LogP contribution in [0.25, 0.3) is 21.8 Å². The Kier molecular flexibility index (Phi) is 2.63. The van der Waals surface area contributed by atoms with Crippen molar-refractivity contribution < 1.29 is 5.11 Å². The van der Waals surface area contributed by atoms with Gasteiger partial charge in [0.15, 0.2) is 5.82 Å². The number of hydrogen-bond donors (Lipinski definition) is 2. The first-order valence-corrected chi connectivity index (χ1v) is 7.11. The zero-order valence-electron chi connectivity index (χ0n) is 11.2.